The van der Waals surface area contributed by atoms with Crippen molar-refractivity contribution >= 4 is 27.3 Å². The number of aromatic nitrogens is 5. The largest absolute Gasteiger partial charge is 0.490 e. The van der Waals surface area contributed by atoms with E-state index in [1.807, 2.05) is 29.1 Å². The number of halogens is 2. The van der Waals surface area contributed by atoms with E-state index in [1.165, 1.54) is 31.6 Å². The fourth-order valence-corrected chi connectivity index (χ4v) is 6.28. The summed E-state index contributed by atoms with van der Waals surface area (Å²) in [5.74, 6) is -1.46. The number of fused-ring (bicyclic) bond motifs is 2. The molecule has 0 spiro atoms. The van der Waals surface area contributed by atoms with Crippen LogP contribution >= 0.6 is 11.3 Å². The summed E-state index contributed by atoms with van der Waals surface area (Å²) < 4.78 is 49.3. The molecular weight excluding hydrogens is 590 g/mol. The van der Waals surface area contributed by atoms with Crippen molar-refractivity contribution in [1.29, 1.82) is 0 Å². The third-order valence-corrected chi connectivity index (χ3v) is 8.33. The highest BCUT2D eigenvalue weighted by Crippen LogP contribution is 2.47. The van der Waals surface area contributed by atoms with E-state index in [1.54, 1.807) is 17.2 Å². The van der Waals surface area contributed by atoms with Gasteiger partial charge in [0.25, 0.3) is 0 Å². The Balaban J connectivity index is 1.63. The van der Waals surface area contributed by atoms with Gasteiger partial charge in [0.05, 0.1) is 50.0 Å². The monoisotopic (exact) mass is 618 g/mol. The second-order valence-corrected chi connectivity index (χ2v) is 11.1. The van der Waals surface area contributed by atoms with Crippen molar-refractivity contribution < 1.29 is 27.8 Å². The van der Waals surface area contributed by atoms with Gasteiger partial charge < -0.3 is 19.1 Å². The van der Waals surface area contributed by atoms with E-state index >= 15 is 4.39 Å². The van der Waals surface area contributed by atoms with Crippen molar-refractivity contribution in [3.8, 4) is 45.4 Å². The molecule has 44 heavy (non-hydrogen) atoms. The number of methoxy groups -OCH3 is 2. The summed E-state index contributed by atoms with van der Waals surface area (Å²) in [5, 5.41) is 15.5. The zero-order valence-corrected chi connectivity index (χ0v) is 25.0. The number of thiophene rings is 1. The Bertz CT molecular complexity index is 1890. The van der Waals surface area contributed by atoms with Crippen LogP contribution in [0.5, 0.6) is 11.6 Å². The number of hydrogen-bond acceptors (Lipinski definition) is 9. The minimum absolute atomic E-state index is 0.0117. The number of carbonyl (C=O) groups excluding carboxylic acids is 1. The van der Waals surface area contributed by atoms with Crippen molar-refractivity contribution in [2.75, 3.05) is 27.4 Å². The van der Waals surface area contributed by atoms with Crippen LogP contribution in [-0.4, -0.2) is 69.2 Å². The van der Waals surface area contributed by atoms with Gasteiger partial charge >= 0.3 is 0 Å². The third kappa shape index (κ3) is 5.28. The van der Waals surface area contributed by atoms with Crippen molar-refractivity contribution in [1.82, 2.24) is 29.9 Å². The van der Waals surface area contributed by atoms with E-state index in [9.17, 15) is 9.18 Å². The molecule has 4 aromatic heterocycles. The minimum atomic E-state index is -0.810. The Morgan fingerprint density at radius 1 is 1.16 bits per heavy atom. The van der Waals surface area contributed by atoms with Gasteiger partial charge in [-0.05, 0) is 30.5 Å². The summed E-state index contributed by atoms with van der Waals surface area (Å²) in [5.41, 5.74) is 3.22. The number of nitrogens with zero attached hydrogens (tertiary/aromatic N) is 6. The summed E-state index contributed by atoms with van der Waals surface area (Å²) in [7, 11) is 3.01. The molecule has 0 radical (unpaired) electrons. The van der Waals surface area contributed by atoms with Gasteiger partial charge in [0, 0.05) is 52.6 Å². The maximum Gasteiger partial charge on any atom is 0.246 e. The fraction of sp³-hybridized carbons (Fsp3) is 0.258. The van der Waals surface area contributed by atoms with Crippen LogP contribution in [0.3, 0.4) is 0 Å². The quantitative estimate of drug-likeness (QED) is 0.157. The molecule has 0 N–H and O–H groups in total. The molecule has 226 valence electrons. The molecule has 5 heterocycles. The molecule has 1 atom stereocenters. The molecule has 0 saturated carbocycles. The predicted octanol–water partition coefficient (Wildman–Crippen LogP) is 5.51. The number of pyridine rings is 1. The van der Waals surface area contributed by atoms with E-state index in [0.717, 1.165) is 23.2 Å². The first-order valence-corrected chi connectivity index (χ1v) is 14.6. The summed E-state index contributed by atoms with van der Waals surface area (Å²) >= 11 is 1.38. The second kappa shape index (κ2) is 12.1. The fourth-order valence-electron chi connectivity index (χ4n) is 5.33. The normalized spacial score (nSPS) is 14.5. The molecule has 6 rings (SSSR count). The first-order chi connectivity index (χ1) is 21.3. The van der Waals surface area contributed by atoms with E-state index < -0.39 is 11.6 Å². The van der Waals surface area contributed by atoms with Crippen LogP contribution in [0.4, 0.5) is 8.78 Å². The highest BCUT2D eigenvalue weighted by atomic mass is 32.1. The maximum atomic E-state index is 15.9. The molecule has 5 aromatic rings. The maximum absolute atomic E-state index is 15.9. The molecule has 0 saturated heterocycles. The van der Waals surface area contributed by atoms with Crippen LogP contribution in [0, 0.1) is 11.6 Å². The Labute approximate surface area is 255 Å². The van der Waals surface area contributed by atoms with Crippen LogP contribution in [0.2, 0.25) is 0 Å². The molecule has 13 heteroatoms. The number of amides is 1. The summed E-state index contributed by atoms with van der Waals surface area (Å²) in [6, 6.07) is 7.28. The van der Waals surface area contributed by atoms with Gasteiger partial charge in [-0.3, -0.25) is 9.48 Å². The van der Waals surface area contributed by atoms with Crippen LogP contribution in [0.25, 0.3) is 43.9 Å². The minimum Gasteiger partial charge on any atom is -0.490 e. The lowest BCUT2D eigenvalue weighted by Crippen LogP contribution is -2.44. The number of carbonyl (C=O) groups is 1. The Morgan fingerprint density at radius 2 is 2.00 bits per heavy atom. The molecule has 1 aliphatic rings. The Hall–Kier alpha value is -4.75. The lowest BCUT2D eigenvalue weighted by molar-refractivity contribution is -0.129. The van der Waals surface area contributed by atoms with Gasteiger partial charge in [-0.1, -0.05) is 6.58 Å². The van der Waals surface area contributed by atoms with Gasteiger partial charge in [0.1, 0.15) is 35.4 Å². The lowest BCUT2D eigenvalue weighted by atomic mass is 9.96. The van der Waals surface area contributed by atoms with Gasteiger partial charge in [-0.2, -0.15) is 10.2 Å². The average molecular weight is 619 g/mol. The zero-order chi connectivity index (χ0) is 31.0. The van der Waals surface area contributed by atoms with E-state index in [2.05, 4.69) is 16.8 Å². The van der Waals surface area contributed by atoms with Crippen LogP contribution in [0.1, 0.15) is 12.6 Å². The van der Waals surface area contributed by atoms with Crippen LogP contribution in [0.15, 0.2) is 54.6 Å². The zero-order valence-electron chi connectivity index (χ0n) is 24.2. The first-order valence-electron chi connectivity index (χ1n) is 13.7. The van der Waals surface area contributed by atoms with Crippen molar-refractivity contribution in [3.63, 3.8) is 0 Å². The second-order valence-electron chi connectivity index (χ2n) is 10.2. The lowest BCUT2D eigenvalue weighted by Gasteiger charge is -2.33. The predicted molar refractivity (Wildman–Crippen MR) is 161 cm³/mol. The molecule has 0 bridgehead atoms. The van der Waals surface area contributed by atoms with Gasteiger partial charge in [-0.25, -0.2) is 13.8 Å². The molecule has 0 aliphatic carbocycles. The standard InChI is InChI=1S/C31H28F2N6O4S/c1-5-26(40)38-16-20-13-23(37-39(20)15-17(38)2)30-28(27-22(33)11-19(32)12-24(27)43-8-7-41-3)31-21(6-9-44-31)29(35-30)18-10-25(42-4)36-34-14-18/h5-6,9-14,17H,1,7-8,15-16H2,2-4H3/t17-/m1/s1. The highest BCUT2D eigenvalue weighted by Gasteiger charge is 2.30. The van der Waals surface area contributed by atoms with E-state index in [4.69, 9.17) is 24.3 Å². The van der Waals surface area contributed by atoms with E-state index in [0.29, 0.717) is 51.9 Å². The molecule has 1 aliphatic heterocycles. The summed E-state index contributed by atoms with van der Waals surface area (Å²) in [4.78, 5) is 19.3. The highest BCUT2D eigenvalue weighted by molar-refractivity contribution is 7.18. The molecule has 0 fully saturated rings. The average Bonchev–Trinajstić information content (AvgIpc) is 3.67. The van der Waals surface area contributed by atoms with Crippen LogP contribution < -0.4 is 9.47 Å². The third-order valence-electron chi connectivity index (χ3n) is 7.40. The van der Waals surface area contributed by atoms with Gasteiger partial charge in [0.2, 0.25) is 11.8 Å². The van der Waals surface area contributed by atoms with E-state index in [-0.39, 0.29) is 36.5 Å². The number of ether oxygens (including phenoxy) is 3. The Kier molecular flexibility index (Phi) is 8.06. The molecule has 1 amide bonds. The topological polar surface area (TPSA) is 104 Å². The van der Waals surface area contributed by atoms with Crippen molar-refractivity contribution in [3.05, 3.63) is 71.9 Å². The van der Waals surface area contributed by atoms with Crippen molar-refractivity contribution in [2.45, 2.75) is 26.1 Å². The first kappa shape index (κ1) is 29.3. The number of benzene rings is 1. The number of hydrogen-bond donors (Lipinski definition) is 0. The molecule has 0 unspecified atom stereocenters. The smallest absolute Gasteiger partial charge is 0.246 e. The van der Waals surface area contributed by atoms with Gasteiger partial charge in [-0.15, -0.1) is 16.4 Å². The molecule has 10 nitrogen and oxygen atoms in total. The van der Waals surface area contributed by atoms with Gasteiger partial charge in [0.15, 0.2) is 0 Å². The SMILES string of the molecule is C=CC(=O)N1Cc2cc(-c3nc(-c4cnnc(OC)c4)c4ccsc4c3-c3c(F)cc(F)cc3OCCOC)nn2C[C@H]1C. The Morgan fingerprint density at radius 3 is 2.77 bits per heavy atom. The molecular formula is C31H28F2N6O4S. The van der Waals surface area contributed by atoms with Crippen LogP contribution in [-0.2, 0) is 22.6 Å². The summed E-state index contributed by atoms with van der Waals surface area (Å²) in [6.45, 7) is 6.61. The van der Waals surface area contributed by atoms with Crippen molar-refractivity contribution in [2.24, 2.45) is 0 Å². The molecule has 1 aromatic carbocycles. The number of rotatable bonds is 9. The summed E-state index contributed by atoms with van der Waals surface area (Å²) in [6.07, 6.45) is 2.86.